The third-order valence-corrected chi connectivity index (χ3v) is 3.83. The van der Waals surface area contributed by atoms with Gasteiger partial charge in [0, 0.05) is 6.20 Å². The number of benzene rings is 2. The van der Waals surface area contributed by atoms with Crippen LogP contribution >= 0.6 is 0 Å². The van der Waals surface area contributed by atoms with E-state index < -0.39 is 0 Å². The topological polar surface area (TPSA) is 51.7 Å². The molecule has 1 amide bonds. The minimum absolute atomic E-state index is 0.0737. The molecule has 3 aromatic rings. The highest BCUT2D eigenvalue weighted by atomic mass is 16.5. The van der Waals surface area contributed by atoms with Crippen LogP contribution in [0.15, 0.2) is 79.0 Å². The van der Waals surface area contributed by atoms with Gasteiger partial charge in [-0.15, -0.1) is 0 Å². The first-order chi connectivity index (χ1) is 12.8. The summed E-state index contributed by atoms with van der Waals surface area (Å²) in [6.07, 6.45) is 1.67. The maximum atomic E-state index is 12.8. The highest BCUT2D eigenvalue weighted by Gasteiger charge is 2.18. The highest BCUT2D eigenvalue weighted by molar-refractivity contribution is 5.93. The van der Waals surface area contributed by atoms with Crippen LogP contribution in [0, 0.1) is 0 Å². The Labute approximate surface area is 152 Å². The number of aromatic nitrogens is 1. The standard InChI is InChI=1S/C21H20N2O3/c1-25-18-10-12-19(13-11-18)26-16-21(24)23(20-9-5-6-14-22-20)15-17-7-3-2-4-8-17/h2-14H,15-16H2,1H3. The van der Waals surface area contributed by atoms with Crippen molar-refractivity contribution in [3.05, 3.63) is 84.6 Å². The number of nitrogens with zero attached hydrogens (tertiary/aromatic N) is 2. The molecule has 0 aliphatic rings. The van der Waals surface area contributed by atoms with Crippen LogP contribution in [0.5, 0.6) is 11.5 Å². The smallest absolute Gasteiger partial charge is 0.266 e. The summed E-state index contributed by atoms with van der Waals surface area (Å²) in [4.78, 5) is 18.7. The number of ether oxygens (including phenoxy) is 2. The van der Waals surface area contributed by atoms with Crippen molar-refractivity contribution in [2.24, 2.45) is 0 Å². The van der Waals surface area contributed by atoms with Crippen molar-refractivity contribution in [3.8, 4) is 11.5 Å². The Morgan fingerprint density at radius 2 is 1.62 bits per heavy atom. The van der Waals surface area contributed by atoms with Crippen LogP contribution in [0.4, 0.5) is 5.82 Å². The van der Waals surface area contributed by atoms with Crippen molar-refractivity contribution in [1.29, 1.82) is 0 Å². The van der Waals surface area contributed by atoms with Gasteiger partial charge < -0.3 is 9.47 Å². The Bertz CT molecular complexity index is 821. The third-order valence-electron chi connectivity index (χ3n) is 3.83. The summed E-state index contributed by atoms with van der Waals surface area (Å²) in [6.45, 7) is 0.360. The molecule has 0 radical (unpaired) electrons. The summed E-state index contributed by atoms with van der Waals surface area (Å²) < 4.78 is 10.8. The Kier molecular flexibility index (Phi) is 5.83. The molecule has 5 nitrogen and oxygen atoms in total. The second-order valence-electron chi connectivity index (χ2n) is 5.62. The lowest BCUT2D eigenvalue weighted by Crippen LogP contribution is -2.35. The summed E-state index contributed by atoms with van der Waals surface area (Å²) in [5.41, 5.74) is 1.02. The van der Waals surface area contributed by atoms with E-state index in [1.165, 1.54) is 0 Å². The van der Waals surface area contributed by atoms with Gasteiger partial charge in [-0.1, -0.05) is 36.4 Å². The van der Waals surface area contributed by atoms with E-state index in [-0.39, 0.29) is 12.5 Å². The fourth-order valence-electron chi connectivity index (χ4n) is 2.47. The number of pyridine rings is 1. The van der Waals surface area contributed by atoms with Gasteiger partial charge in [-0.25, -0.2) is 4.98 Å². The second-order valence-corrected chi connectivity index (χ2v) is 5.62. The predicted octanol–water partition coefficient (Wildman–Crippen LogP) is 3.70. The van der Waals surface area contributed by atoms with Gasteiger partial charge in [-0.3, -0.25) is 9.69 Å². The molecular formula is C21H20N2O3. The first-order valence-corrected chi connectivity index (χ1v) is 8.28. The summed E-state index contributed by atoms with van der Waals surface area (Å²) in [5, 5.41) is 0. The lowest BCUT2D eigenvalue weighted by atomic mass is 10.2. The monoisotopic (exact) mass is 348 g/mol. The molecule has 0 spiro atoms. The first-order valence-electron chi connectivity index (χ1n) is 8.28. The van der Waals surface area contributed by atoms with Gasteiger partial charge in [0.15, 0.2) is 6.61 Å². The van der Waals surface area contributed by atoms with Crippen molar-refractivity contribution in [2.75, 3.05) is 18.6 Å². The average Bonchev–Trinajstić information content (AvgIpc) is 2.72. The van der Waals surface area contributed by atoms with Gasteiger partial charge in [0.25, 0.3) is 5.91 Å². The molecule has 5 heteroatoms. The van der Waals surface area contributed by atoms with Crippen molar-refractivity contribution in [2.45, 2.75) is 6.54 Å². The molecule has 26 heavy (non-hydrogen) atoms. The highest BCUT2D eigenvalue weighted by Crippen LogP contribution is 2.18. The van der Waals surface area contributed by atoms with Crippen LogP contribution in [0.3, 0.4) is 0 Å². The molecule has 0 fully saturated rings. The minimum atomic E-state index is -0.164. The SMILES string of the molecule is COc1ccc(OCC(=O)N(Cc2ccccc2)c2ccccn2)cc1. The maximum Gasteiger partial charge on any atom is 0.266 e. The van der Waals surface area contributed by atoms with E-state index in [0.717, 1.165) is 11.3 Å². The van der Waals surface area contributed by atoms with Crippen LogP contribution in [-0.2, 0) is 11.3 Å². The zero-order valence-corrected chi connectivity index (χ0v) is 14.5. The minimum Gasteiger partial charge on any atom is -0.497 e. The number of hydrogen-bond donors (Lipinski definition) is 0. The number of carbonyl (C=O) groups excluding carboxylic acids is 1. The number of carbonyl (C=O) groups is 1. The molecule has 0 aliphatic heterocycles. The van der Waals surface area contributed by atoms with Gasteiger partial charge in [0.1, 0.15) is 17.3 Å². The molecule has 2 aromatic carbocycles. The zero-order valence-electron chi connectivity index (χ0n) is 14.5. The number of anilines is 1. The van der Waals surface area contributed by atoms with E-state index >= 15 is 0 Å². The largest absolute Gasteiger partial charge is 0.497 e. The van der Waals surface area contributed by atoms with E-state index in [0.29, 0.717) is 18.1 Å². The number of amides is 1. The third kappa shape index (κ3) is 4.60. The first kappa shape index (κ1) is 17.5. The molecule has 1 aromatic heterocycles. The Morgan fingerprint density at radius 1 is 0.923 bits per heavy atom. The molecule has 0 N–H and O–H groups in total. The molecule has 132 valence electrons. The molecule has 1 heterocycles. The number of rotatable bonds is 7. The van der Waals surface area contributed by atoms with Gasteiger partial charge in [-0.05, 0) is 42.0 Å². The summed E-state index contributed by atoms with van der Waals surface area (Å²) in [6, 6.07) is 22.4. The molecule has 0 unspecified atom stereocenters. The predicted molar refractivity (Wildman–Crippen MR) is 100 cm³/mol. The fraction of sp³-hybridized carbons (Fsp3) is 0.143. The molecule has 0 atom stereocenters. The van der Waals surface area contributed by atoms with Gasteiger partial charge in [0.05, 0.1) is 13.7 Å². The van der Waals surface area contributed by atoms with E-state index in [2.05, 4.69) is 4.98 Å². The van der Waals surface area contributed by atoms with Gasteiger partial charge in [-0.2, -0.15) is 0 Å². The van der Waals surface area contributed by atoms with Crippen LogP contribution < -0.4 is 14.4 Å². The van der Waals surface area contributed by atoms with E-state index in [4.69, 9.17) is 9.47 Å². The van der Waals surface area contributed by atoms with Crippen molar-refractivity contribution in [3.63, 3.8) is 0 Å². The Balaban J connectivity index is 1.71. The number of hydrogen-bond acceptors (Lipinski definition) is 4. The summed E-state index contributed by atoms with van der Waals surface area (Å²) in [5.74, 6) is 1.78. The molecule has 0 aliphatic carbocycles. The van der Waals surface area contributed by atoms with E-state index in [1.54, 1.807) is 42.5 Å². The Morgan fingerprint density at radius 3 is 2.27 bits per heavy atom. The Hall–Kier alpha value is -3.34. The maximum absolute atomic E-state index is 12.8. The quantitative estimate of drug-likeness (QED) is 0.653. The summed E-state index contributed by atoms with van der Waals surface area (Å²) >= 11 is 0. The van der Waals surface area contributed by atoms with Gasteiger partial charge in [0.2, 0.25) is 0 Å². The van der Waals surface area contributed by atoms with Crippen LogP contribution in [0.2, 0.25) is 0 Å². The average molecular weight is 348 g/mol. The normalized spacial score (nSPS) is 10.2. The molecule has 0 bridgehead atoms. The molecule has 0 saturated heterocycles. The second kappa shape index (κ2) is 8.67. The fourth-order valence-corrected chi connectivity index (χ4v) is 2.47. The van der Waals surface area contributed by atoms with Gasteiger partial charge >= 0.3 is 0 Å². The van der Waals surface area contributed by atoms with Crippen molar-refractivity contribution < 1.29 is 14.3 Å². The van der Waals surface area contributed by atoms with E-state index in [9.17, 15) is 4.79 Å². The summed E-state index contributed by atoms with van der Waals surface area (Å²) in [7, 11) is 1.60. The molecule has 3 rings (SSSR count). The number of methoxy groups -OCH3 is 1. The molecule has 0 saturated carbocycles. The lowest BCUT2D eigenvalue weighted by Gasteiger charge is -2.22. The van der Waals surface area contributed by atoms with Crippen molar-refractivity contribution >= 4 is 11.7 Å². The van der Waals surface area contributed by atoms with E-state index in [1.807, 2.05) is 48.5 Å². The van der Waals surface area contributed by atoms with Crippen LogP contribution in [0.1, 0.15) is 5.56 Å². The van der Waals surface area contributed by atoms with Crippen LogP contribution in [-0.4, -0.2) is 24.6 Å². The zero-order chi connectivity index (χ0) is 18.2. The van der Waals surface area contributed by atoms with Crippen LogP contribution in [0.25, 0.3) is 0 Å². The van der Waals surface area contributed by atoms with Crippen molar-refractivity contribution in [1.82, 2.24) is 4.98 Å². The molecular weight excluding hydrogens is 328 g/mol. The lowest BCUT2D eigenvalue weighted by molar-refractivity contribution is -0.120.